The fraction of sp³-hybridized carbons (Fsp3) is 0.786. The summed E-state index contributed by atoms with van der Waals surface area (Å²) in [6.07, 6.45) is 13.8. The van der Waals surface area contributed by atoms with Gasteiger partial charge in [0.15, 0.2) is 0 Å². The van der Waals surface area contributed by atoms with Crippen molar-refractivity contribution in [3.63, 3.8) is 0 Å². The summed E-state index contributed by atoms with van der Waals surface area (Å²) < 4.78 is 0. The molecule has 0 N–H and O–H groups in total. The monoisotopic (exact) mass is 225 g/mol. The topological polar surface area (TPSA) is 20.3 Å². The maximum absolute atomic E-state index is 11.2. The van der Waals surface area contributed by atoms with Gasteiger partial charge in [0.2, 0.25) is 5.91 Å². The van der Waals surface area contributed by atoms with Crippen molar-refractivity contribution < 1.29 is 4.79 Å². The average Bonchev–Trinajstić information content (AvgIpc) is 2.26. The number of hydrogen-bond acceptors (Lipinski definition) is 1. The van der Waals surface area contributed by atoms with Crippen molar-refractivity contribution in [3.8, 4) is 0 Å². The van der Waals surface area contributed by atoms with E-state index in [1.165, 1.54) is 38.5 Å². The molecule has 0 atom stereocenters. The van der Waals surface area contributed by atoms with Crippen molar-refractivity contribution in [2.24, 2.45) is 0 Å². The van der Waals surface area contributed by atoms with Crippen molar-refractivity contribution in [1.82, 2.24) is 4.90 Å². The Bertz CT molecular complexity index is 197. The van der Waals surface area contributed by atoms with Crippen LogP contribution in [0.3, 0.4) is 0 Å². The summed E-state index contributed by atoms with van der Waals surface area (Å²) in [5.41, 5.74) is 0. The molecule has 0 aromatic carbocycles. The van der Waals surface area contributed by atoms with Gasteiger partial charge in [-0.2, -0.15) is 0 Å². The molecule has 0 spiro atoms. The fourth-order valence-electron chi connectivity index (χ4n) is 1.53. The van der Waals surface area contributed by atoms with Crippen LogP contribution in [-0.4, -0.2) is 24.9 Å². The highest BCUT2D eigenvalue weighted by molar-refractivity contribution is 5.76. The van der Waals surface area contributed by atoms with Gasteiger partial charge in [-0.3, -0.25) is 4.79 Å². The largest absolute Gasteiger partial charge is 0.349 e. The van der Waals surface area contributed by atoms with Gasteiger partial charge in [-0.25, -0.2) is 0 Å². The second kappa shape index (κ2) is 10.7. The Hall–Kier alpha value is -0.790. The predicted octanol–water partition coefficient (Wildman–Crippen LogP) is 3.77. The molecule has 0 aliphatic heterocycles. The van der Waals surface area contributed by atoms with Crippen molar-refractivity contribution in [2.75, 3.05) is 14.1 Å². The Labute approximate surface area is 101 Å². The van der Waals surface area contributed by atoms with Crippen LogP contribution in [0.25, 0.3) is 0 Å². The standard InChI is InChI=1S/C14H27NO/c1-4-5-6-7-8-9-10-11-12-13-14(16)15(2)3/h11-12H,4-10,13H2,1-3H3. The highest BCUT2D eigenvalue weighted by atomic mass is 16.2. The van der Waals surface area contributed by atoms with Crippen molar-refractivity contribution in [3.05, 3.63) is 12.2 Å². The molecule has 1 amide bonds. The van der Waals surface area contributed by atoms with Gasteiger partial charge in [-0.05, 0) is 12.8 Å². The number of carbonyl (C=O) groups is 1. The fourth-order valence-corrected chi connectivity index (χ4v) is 1.53. The molecule has 0 saturated heterocycles. The van der Waals surface area contributed by atoms with Gasteiger partial charge in [0.25, 0.3) is 0 Å². The van der Waals surface area contributed by atoms with Gasteiger partial charge < -0.3 is 4.90 Å². The molecule has 0 rings (SSSR count). The maximum atomic E-state index is 11.2. The highest BCUT2D eigenvalue weighted by Crippen LogP contribution is 2.07. The molecule has 0 aromatic rings. The molecule has 0 unspecified atom stereocenters. The third kappa shape index (κ3) is 9.75. The zero-order valence-corrected chi connectivity index (χ0v) is 11.2. The van der Waals surface area contributed by atoms with E-state index >= 15 is 0 Å². The number of unbranched alkanes of at least 4 members (excludes halogenated alkanes) is 6. The molecule has 94 valence electrons. The van der Waals surface area contributed by atoms with Crippen LogP contribution < -0.4 is 0 Å². The van der Waals surface area contributed by atoms with Crippen LogP contribution in [0.1, 0.15) is 58.3 Å². The van der Waals surface area contributed by atoms with Crippen molar-refractivity contribution in [2.45, 2.75) is 58.3 Å². The Kier molecular flexibility index (Phi) is 10.2. The first kappa shape index (κ1) is 15.2. The van der Waals surface area contributed by atoms with Gasteiger partial charge in [0.05, 0.1) is 0 Å². The van der Waals surface area contributed by atoms with E-state index in [1.807, 2.05) is 6.08 Å². The summed E-state index contributed by atoms with van der Waals surface area (Å²) in [4.78, 5) is 12.9. The number of amides is 1. The predicted molar refractivity (Wildman–Crippen MR) is 70.4 cm³/mol. The minimum absolute atomic E-state index is 0.180. The van der Waals surface area contributed by atoms with Crippen LogP contribution in [0, 0.1) is 0 Å². The summed E-state index contributed by atoms with van der Waals surface area (Å²) in [5.74, 6) is 0.180. The first-order valence-electron chi connectivity index (χ1n) is 6.53. The molecule has 0 saturated carbocycles. The van der Waals surface area contributed by atoms with Gasteiger partial charge in [-0.1, -0.05) is 51.2 Å². The molecule has 0 aromatic heterocycles. The van der Waals surface area contributed by atoms with E-state index in [-0.39, 0.29) is 5.91 Å². The Morgan fingerprint density at radius 2 is 1.62 bits per heavy atom. The van der Waals surface area contributed by atoms with Crippen molar-refractivity contribution >= 4 is 5.91 Å². The molecule has 0 aliphatic carbocycles. The third-order valence-corrected chi connectivity index (χ3v) is 2.68. The van der Waals surface area contributed by atoms with E-state index in [4.69, 9.17) is 0 Å². The van der Waals surface area contributed by atoms with Crippen LogP contribution in [0.2, 0.25) is 0 Å². The Balaban J connectivity index is 3.25. The number of rotatable bonds is 9. The number of hydrogen-bond donors (Lipinski definition) is 0. The zero-order chi connectivity index (χ0) is 12.2. The van der Waals surface area contributed by atoms with Crippen LogP contribution in [-0.2, 0) is 4.79 Å². The van der Waals surface area contributed by atoms with Gasteiger partial charge in [-0.15, -0.1) is 0 Å². The maximum Gasteiger partial charge on any atom is 0.225 e. The lowest BCUT2D eigenvalue weighted by Gasteiger charge is -2.06. The molecule has 0 fully saturated rings. The molecule has 0 aliphatic rings. The van der Waals surface area contributed by atoms with Crippen LogP contribution in [0.15, 0.2) is 12.2 Å². The van der Waals surface area contributed by atoms with E-state index in [9.17, 15) is 4.79 Å². The summed E-state index contributed by atoms with van der Waals surface area (Å²) in [5, 5.41) is 0. The van der Waals surface area contributed by atoms with Gasteiger partial charge >= 0.3 is 0 Å². The van der Waals surface area contributed by atoms with Crippen LogP contribution in [0.4, 0.5) is 0 Å². The lowest BCUT2D eigenvalue weighted by molar-refractivity contribution is -0.127. The van der Waals surface area contributed by atoms with E-state index in [0.29, 0.717) is 6.42 Å². The quantitative estimate of drug-likeness (QED) is 0.432. The summed E-state index contributed by atoms with van der Waals surface area (Å²) in [6, 6.07) is 0. The molecule has 2 heteroatoms. The first-order valence-corrected chi connectivity index (χ1v) is 6.53. The number of allylic oxidation sites excluding steroid dienone is 1. The van der Waals surface area contributed by atoms with Crippen molar-refractivity contribution in [1.29, 1.82) is 0 Å². The average molecular weight is 225 g/mol. The normalized spacial score (nSPS) is 10.9. The molecule has 16 heavy (non-hydrogen) atoms. The number of nitrogens with zero attached hydrogens (tertiary/aromatic N) is 1. The lowest BCUT2D eigenvalue weighted by Crippen LogP contribution is -2.20. The molecule has 0 bridgehead atoms. The van der Waals surface area contributed by atoms with E-state index in [2.05, 4.69) is 13.0 Å². The molecular formula is C14H27NO. The summed E-state index contributed by atoms with van der Waals surface area (Å²) in [7, 11) is 3.59. The zero-order valence-electron chi connectivity index (χ0n) is 11.2. The van der Waals surface area contributed by atoms with E-state index < -0.39 is 0 Å². The second-order valence-corrected chi connectivity index (χ2v) is 4.52. The summed E-state index contributed by atoms with van der Waals surface area (Å²) in [6.45, 7) is 2.24. The smallest absolute Gasteiger partial charge is 0.225 e. The molecular weight excluding hydrogens is 198 g/mol. The highest BCUT2D eigenvalue weighted by Gasteiger charge is 1.98. The third-order valence-electron chi connectivity index (χ3n) is 2.68. The van der Waals surface area contributed by atoms with Crippen LogP contribution >= 0.6 is 0 Å². The van der Waals surface area contributed by atoms with E-state index in [0.717, 1.165) is 6.42 Å². The number of carbonyl (C=O) groups excluding carboxylic acids is 1. The second-order valence-electron chi connectivity index (χ2n) is 4.52. The van der Waals surface area contributed by atoms with Gasteiger partial charge in [0, 0.05) is 20.5 Å². The first-order chi connectivity index (χ1) is 7.68. The Morgan fingerprint density at radius 1 is 1.00 bits per heavy atom. The minimum atomic E-state index is 0.180. The lowest BCUT2D eigenvalue weighted by atomic mass is 10.1. The molecule has 0 radical (unpaired) electrons. The molecule has 2 nitrogen and oxygen atoms in total. The van der Waals surface area contributed by atoms with Crippen LogP contribution in [0.5, 0.6) is 0 Å². The molecule has 0 heterocycles. The summed E-state index contributed by atoms with van der Waals surface area (Å²) >= 11 is 0. The minimum Gasteiger partial charge on any atom is -0.349 e. The Morgan fingerprint density at radius 3 is 2.25 bits per heavy atom. The SMILES string of the molecule is CCCCCCCCC=CCC(=O)N(C)C. The van der Waals surface area contributed by atoms with E-state index in [1.54, 1.807) is 19.0 Å². The van der Waals surface area contributed by atoms with Gasteiger partial charge in [0.1, 0.15) is 0 Å².